The molecule has 0 bridgehead atoms. The number of hydrogen-bond donors (Lipinski definition) is 2. The first kappa shape index (κ1) is 23.5. The van der Waals surface area contributed by atoms with Crippen LogP contribution in [0.5, 0.6) is 5.75 Å². The van der Waals surface area contributed by atoms with Crippen LogP contribution < -0.4 is 15.2 Å². The number of ether oxygens (including phenoxy) is 1. The Kier molecular flexibility index (Phi) is 7.33. The highest BCUT2D eigenvalue weighted by Crippen LogP contribution is 2.32. The molecule has 0 saturated carbocycles. The van der Waals surface area contributed by atoms with E-state index in [0.717, 1.165) is 0 Å². The average molecular weight is 475 g/mol. The van der Waals surface area contributed by atoms with Crippen LogP contribution in [0.3, 0.4) is 0 Å². The molecular formula is C21H22N4O5S2. The highest BCUT2D eigenvalue weighted by atomic mass is 32.2. The third-order valence-corrected chi connectivity index (χ3v) is 6.57. The first-order valence-corrected chi connectivity index (χ1v) is 11.9. The number of sulfonamides is 1. The summed E-state index contributed by atoms with van der Waals surface area (Å²) in [6.07, 6.45) is 1.53. The third kappa shape index (κ3) is 5.75. The van der Waals surface area contributed by atoms with Crippen LogP contribution in [-0.2, 0) is 19.6 Å². The smallest absolute Gasteiger partial charge is 0.242 e. The number of amides is 2. The monoisotopic (exact) mass is 474 g/mol. The van der Waals surface area contributed by atoms with Crippen LogP contribution >= 0.6 is 11.8 Å². The maximum atomic E-state index is 12.8. The number of thioether (sulfide) groups is 1. The number of hydrogen-bond acceptors (Lipinski definition) is 7. The molecule has 0 aromatic heterocycles. The quantitative estimate of drug-likeness (QED) is 0.565. The number of aliphatic imine (C=N–C) groups is 1. The highest BCUT2D eigenvalue weighted by Gasteiger charge is 2.38. The predicted octanol–water partition coefficient (Wildman–Crippen LogP) is 2.49. The van der Waals surface area contributed by atoms with Gasteiger partial charge in [-0.2, -0.15) is 0 Å². The minimum absolute atomic E-state index is 0.0346. The van der Waals surface area contributed by atoms with Gasteiger partial charge in [-0.05, 0) is 48.5 Å². The lowest BCUT2D eigenvalue weighted by Crippen LogP contribution is -2.33. The Morgan fingerprint density at radius 3 is 2.47 bits per heavy atom. The molecule has 1 unspecified atom stereocenters. The Morgan fingerprint density at radius 1 is 1.25 bits per heavy atom. The topological polar surface area (TPSA) is 131 Å². The molecule has 0 radical (unpaired) electrons. The SMILES string of the molecule is C=CCN1C(=O)C(CC(=O)Nc2ccc(OC)cc2)SC1=Nc1ccc(S(N)(=O)=O)cc1. The van der Waals surface area contributed by atoms with Crippen molar-refractivity contribution < 1.29 is 22.7 Å². The molecule has 3 rings (SSSR count). The average Bonchev–Trinajstić information content (AvgIpc) is 3.03. The van der Waals surface area contributed by atoms with Gasteiger partial charge in [-0.3, -0.25) is 14.5 Å². The van der Waals surface area contributed by atoms with E-state index in [1.54, 1.807) is 37.5 Å². The number of rotatable bonds is 8. The van der Waals surface area contributed by atoms with Crippen LogP contribution in [0.15, 0.2) is 71.1 Å². The summed E-state index contributed by atoms with van der Waals surface area (Å²) in [7, 11) is -2.26. The molecule has 1 saturated heterocycles. The zero-order chi connectivity index (χ0) is 23.3. The van der Waals surface area contributed by atoms with Crippen LogP contribution in [-0.4, -0.2) is 49.2 Å². The van der Waals surface area contributed by atoms with E-state index in [-0.39, 0.29) is 29.7 Å². The number of benzene rings is 2. The van der Waals surface area contributed by atoms with Crippen LogP contribution in [0.1, 0.15) is 6.42 Å². The van der Waals surface area contributed by atoms with Crippen molar-refractivity contribution in [2.45, 2.75) is 16.6 Å². The number of anilines is 1. The molecule has 3 N–H and O–H groups in total. The molecular weight excluding hydrogens is 452 g/mol. The van der Waals surface area contributed by atoms with Crippen molar-refractivity contribution >= 4 is 50.1 Å². The number of primary sulfonamides is 1. The summed E-state index contributed by atoms with van der Waals surface area (Å²) in [6, 6.07) is 12.5. The van der Waals surface area contributed by atoms with E-state index in [1.807, 2.05) is 0 Å². The summed E-state index contributed by atoms with van der Waals surface area (Å²) in [5.74, 6) is 0.112. The van der Waals surface area contributed by atoms with Gasteiger partial charge in [-0.15, -0.1) is 6.58 Å². The highest BCUT2D eigenvalue weighted by molar-refractivity contribution is 8.15. The van der Waals surface area contributed by atoms with E-state index < -0.39 is 15.3 Å². The number of nitrogens with two attached hydrogens (primary N) is 1. The van der Waals surface area contributed by atoms with Gasteiger partial charge in [-0.1, -0.05) is 17.8 Å². The van der Waals surface area contributed by atoms with Gasteiger partial charge in [0.1, 0.15) is 11.0 Å². The fourth-order valence-electron chi connectivity index (χ4n) is 2.90. The van der Waals surface area contributed by atoms with Gasteiger partial charge < -0.3 is 10.1 Å². The lowest BCUT2D eigenvalue weighted by Gasteiger charge is -2.14. The normalized spacial score (nSPS) is 17.4. The number of nitrogens with zero attached hydrogens (tertiary/aromatic N) is 2. The maximum absolute atomic E-state index is 12.8. The van der Waals surface area contributed by atoms with E-state index in [9.17, 15) is 18.0 Å². The van der Waals surface area contributed by atoms with Crippen molar-refractivity contribution in [2.75, 3.05) is 19.0 Å². The summed E-state index contributed by atoms with van der Waals surface area (Å²) in [4.78, 5) is 31.2. The van der Waals surface area contributed by atoms with Crippen LogP contribution in [0, 0.1) is 0 Å². The fraction of sp³-hybridized carbons (Fsp3) is 0.190. The summed E-state index contributed by atoms with van der Waals surface area (Å²) in [5, 5.41) is 7.63. The van der Waals surface area contributed by atoms with Gasteiger partial charge in [0.25, 0.3) is 0 Å². The molecule has 1 aliphatic heterocycles. The second kappa shape index (κ2) is 9.98. The Hall–Kier alpha value is -3.15. The molecule has 32 heavy (non-hydrogen) atoms. The summed E-state index contributed by atoms with van der Waals surface area (Å²) < 4.78 is 27.9. The van der Waals surface area contributed by atoms with Crippen LogP contribution in [0.2, 0.25) is 0 Å². The number of amidine groups is 1. The molecule has 1 heterocycles. The maximum Gasteiger partial charge on any atom is 0.242 e. The van der Waals surface area contributed by atoms with Crippen molar-refractivity contribution in [3.8, 4) is 5.75 Å². The second-order valence-electron chi connectivity index (χ2n) is 6.76. The number of nitrogens with one attached hydrogen (secondary N) is 1. The second-order valence-corrected chi connectivity index (χ2v) is 9.49. The molecule has 168 valence electrons. The third-order valence-electron chi connectivity index (χ3n) is 4.47. The van der Waals surface area contributed by atoms with Crippen LogP contribution in [0.25, 0.3) is 0 Å². The fourth-order valence-corrected chi connectivity index (χ4v) is 4.58. The first-order chi connectivity index (χ1) is 15.2. The van der Waals surface area contributed by atoms with E-state index in [1.165, 1.54) is 40.9 Å². The Labute approximate surface area is 190 Å². The van der Waals surface area contributed by atoms with Gasteiger partial charge in [0, 0.05) is 18.7 Å². The Morgan fingerprint density at radius 2 is 1.91 bits per heavy atom. The van der Waals surface area contributed by atoms with Gasteiger partial charge in [0.15, 0.2) is 5.17 Å². The van der Waals surface area contributed by atoms with Gasteiger partial charge in [0.2, 0.25) is 21.8 Å². The minimum atomic E-state index is -3.81. The lowest BCUT2D eigenvalue weighted by molar-refractivity contribution is -0.127. The Bertz CT molecular complexity index is 1150. The molecule has 2 aromatic rings. The van der Waals surface area contributed by atoms with E-state index in [2.05, 4.69) is 16.9 Å². The summed E-state index contributed by atoms with van der Waals surface area (Å²) >= 11 is 1.17. The molecule has 0 aliphatic carbocycles. The molecule has 2 amide bonds. The van der Waals surface area contributed by atoms with Crippen molar-refractivity contribution in [1.29, 1.82) is 0 Å². The number of methoxy groups -OCH3 is 1. The van der Waals surface area contributed by atoms with E-state index >= 15 is 0 Å². The van der Waals surface area contributed by atoms with Crippen LogP contribution in [0.4, 0.5) is 11.4 Å². The zero-order valence-electron chi connectivity index (χ0n) is 17.2. The molecule has 1 fully saturated rings. The van der Waals surface area contributed by atoms with E-state index in [4.69, 9.17) is 9.88 Å². The molecule has 11 heteroatoms. The van der Waals surface area contributed by atoms with Gasteiger partial charge >= 0.3 is 0 Å². The van der Waals surface area contributed by atoms with E-state index in [0.29, 0.717) is 22.3 Å². The number of carbonyl (C=O) groups excluding carboxylic acids is 2. The zero-order valence-corrected chi connectivity index (χ0v) is 18.9. The Balaban J connectivity index is 1.73. The van der Waals surface area contributed by atoms with Gasteiger partial charge in [-0.25, -0.2) is 18.5 Å². The molecule has 9 nitrogen and oxygen atoms in total. The summed E-state index contributed by atoms with van der Waals surface area (Å²) in [5.41, 5.74) is 1.04. The minimum Gasteiger partial charge on any atom is -0.497 e. The van der Waals surface area contributed by atoms with Crippen molar-refractivity contribution in [3.63, 3.8) is 0 Å². The van der Waals surface area contributed by atoms with Gasteiger partial charge in [0.05, 0.1) is 17.7 Å². The number of carbonyl (C=O) groups is 2. The molecule has 1 atom stereocenters. The van der Waals surface area contributed by atoms with Crippen molar-refractivity contribution in [2.24, 2.45) is 10.1 Å². The largest absolute Gasteiger partial charge is 0.497 e. The first-order valence-electron chi connectivity index (χ1n) is 9.45. The van der Waals surface area contributed by atoms with Crippen molar-refractivity contribution in [1.82, 2.24) is 4.90 Å². The summed E-state index contributed by atoms with van der Waals surface area (Å²) in [6.45, 7) is 3.90. The molecule has 0 spiro atoms. The molecule has 1 aliphatic rings. The molecule has 2 aromatic carbocycles. The van der Waals surface area contributed by atoms with Crippen molar-refractivity contribution in [3.05, 3.63) is 61.2 Å². The standard InChI is InChI=1S/C21H22N4O5S2/c1-3-12-25-20(27)18(13-19(26)23-14-4-8-16(30-2)9-5-14)31-21(25)24-15-6-10-17(11-7-15)32(22,28)29/h3-11,18H,1,12-13H2,2H3,(H,23,26)(H2,22,28,29). The predicted molar refractivity (Wildman–Crippen MR) is 124 cm³/mol. The lowest BCUT2D eigenvalue weighted by atomic mass is 10.2.